The fourth-order valence-electron chi connectivity index (χ4n) is 1.91. The molecule has 9 heteroatoms. The van der Waals surface area contributed by atoms with Crippen molar-refractivity contribution in [1.82, 2.24) is 14.9 Å². The van der Waals surface area contributed by atoms with E-state index in [1.807, 2.05) is 6.92 Å². The highest BCUT2D eigenvalue weighted by Crippen LogP contribution is 1.99. The van der Waals surface area contributed by atoms with Gasteiger partial charge in [0.05, 0.1) is 12.3 Å². The highest BCUT2D eigenvalue weighted by molar-refractivity contribution is 7.89. The lowest BCUT2D eigenvalue weighted by atomic mass is 10.2. The van der Waals surface area contributed by atoms with Gasteiger partial charge >= 0.3 is 0 Å². The van der Waals surface area contributed by atoms with E-state index in [1.54, 1.807) is 4.90 Å². The topological polar surface area (TPSA) is 87.7 Å². The van der Waals surface area contributed by atoms with Gasteiger partial charge < -0.3 is 15.0 Å². The number of nitrogens with zero attached hydrogens (tertiary/aromatic N) is 1. The van der Waals surface area contributed by atoms with Gasteiger partial charge in [0.1, 0.15) is 0 Å². The average Bonchev–Trinajstić information content (AvgIpc) is 2.36. The van der Waals surface area contributed by atoms with Crippen LogP contribution in [0.1, 0.15) is 13.3 Å². The lowest BCUT2D eigenvalue weighted by molar-refractivity contribution is -0.131. The summed E-state index contributed by atoms with van der Waals surface area (Å²) in [6.07, 6.45) is 0.421. The number of rotatable bonds is 7. The van der Waals surface area contributed by atoms with E-state index in [4.69, 9.17) is 4.74 Å². The second kappa shape index (κ2) is 9.51. The Morgan fingerprint density at radius 2 is 2.20 bits per heavy atom. The molecule has 1 heterocycles. The minimum atomic E-state index is -3.39. The van der Waals surface area contributed by atoms with E-state index in [0.29, 0.717) is 26.1 Å². The Balaban J connectivity index is 0.00000361. The Bertz CT molecular complexity index is 391. The molecule has 1 fully saturated rings. The molecule has 0 spiro atoms. The van der Waals surface area contributed by atoms with Crippen LogP contribution in [-0.4, -0.2) is 70.9 Å². The van der Waals surface area contributed by atoms with Crippen LogP contribution in [0, 0.1) is 0 Å². The van der Waals surface area contributed by atoms with Gasteiger partial charge in [0.2, 0.25) is 15.9 Å². The summed E-state index contributed by atoms with van der Waals surface area (Å²) in [6, 6.07) is 0.246. The molecular weight excluding hydrogens is 306 g/mol. The van der Waals surface area contributed by atoms with Crippen molar-refractivity contribution in [3.8, 4) is 0 Å². The van der Waals surface area contributed by atoms with E-state index in [1.165, 1.54) is 7.11 Å². The highest BCUT2D eigenvalue weighted by atomic mass is 35.5. The fourth-order valence-corrected chi connectivity index (χ4v) is 2.89. The molecule has 0 aromatic heterocycles. The van der Waals surface area contributed by atoms with Gasteiger partial charge in [0.15, 0.2) is 0 Å². The summed E-state index contributed by atoms with van der Waals surface area (Å²) in [5, 5.41) is 3.23. The van der Waals surface area contributed by atoms with Crippen LogP contribution >= 0.6 is 12.4 Å². The summed E-state index contributed by atoms with van der Waals surface area (Å²) in [5.41, 5.74) is 0. The standard InChI is InChI=1S/C11H23N3O4S.ClH/c1-10-9-14(5-4-12-10)11(15)8-13-19(16,17)7-3-6-18-2;/h10,12-13H,3-9H2,1-2H3;1H/t10-;/m1./s1. The normalized spacial score (nSPS) is 19.5. The molecule has 1 atom stereocenters. The monoisotopic (exact) mass is 329 g/mol. The molecule has 1 aliphatic heterocycles. The fraction of sp³-hybridized carbons (Fsp3) is 0.909. The highest BCUT2D eigenvalue weighted by Gasteiger charge is 2.21. The van der Waals surface area contributed by atoms with Crippen molar-refractivity contribution in [2.45, 2.75) is 19.4 Å². The number of piperazine rings is 1. The zero-order chi connectivity index (χ0) is 14.3. The van der Waals surface area contributed by atoms with Gasteiger partial charge in [-0.05, 0) is 13.3 Å². The second-order valence-electron chi connectivity index (χ2n) is 4.68. The number of methoxy groups -OCH3 is 1. The van der Waals surface area contributed by atoms with Crippen LogP contribution in [-0.2, 0) is 19.6 Å². The maximum atomic E-state index is 11.9. The molecule has 1 aliphatic rings. The molecule has 0 bridgehead atoms. The number of carbonyl (C=O) groups excluding carboxylic acids is 1. The number of sulfonamides is 1. The molecule has 120 valence electrons. The number of halogens is 1. The van der Waals surface area contributed by atoms with Gasteiger partial charge in [-0.15, -0.1) is 12.4 Å². The molecule has 0 unspecified atom stereocenters. The van der Waals surface area contributed by atoms with Crippen LogP contribution in [0.5, 0.6) is 0 Å². The first-order valence-electron chi connectivity index (χ1n) is 6.42. The third kappa shape index (κ3) is 7.39. The maximum Gasteiger partial charge on any atom is 0.237 e. The average molecular weight is 330 g/mol. The largest absolute Gasteiger partial charge is 0.385 e. The van der Waals surface area contributed by atoms with Gasteiger partial charge in [-0.2, -0.15) is 0 Å². The number of amides is 1. The Kier molecular flexibility index (Phi) is 9.32. The molecule has 7 nitrogen and oxygen atoms in total. The Hall–Kier alpha value is -0.410. The molecule has 0 saturated carbocycles. The van der Waals surface area contributed by atoms with E-state index in [9.17, 15) is 13.2 Å². The maximum absolute atomic E-state index is 11.9. The Labute approximate surface area is 126 Å². The van der Waals surface area contributed by atoms with Crippen molar-refractivity contribution in [3.63, 3.8) is 0 Å². The van der Waals surface area contributed by atoms with E-state index < -0.39 is 10.0 Å². The summed E-state index contributed by atoms with van der Waals surface area (Å²) in [6.45, 7) is 4.20. The molecule has 0 aromatic carbocycles. The van der Waals surface area contributed by atoms with Gasteiger partial charge in [-0.1, -0.05) is 0 Å². The van der Waals surface area contributed by atoms with Crippen LogP contribution < -0.4 is 10.0 Å². The summed E-state index contributed by atoms with van der Waals surface area (Å²) >= 11 is 0. The van der Waals surface area contributed by atoms with E-state index >= 15 is 0 Å². The van der Waals surface area contributed by atoms with Gasteiger partial charge in [-0.3, -0.25) is 4.79 Å². The lowest BCUT2D eigenvalue weighted by Gasteiger charge is -2.31. The van der Waals surface area contributed by atoms with Crippen LogP contribution in [0.15, 0.2) is 0 Å². The van der Waals surface area contributed by atoms with Crippen LogP contribution in [0.2, 0.25) is 0 Å². The smallest absolute Gasteiger partial charge is 0.237 e. The van der Waals surface area contributed by atoms with Crippen LogP contribution in [0.25, 0.3) is 0 Å². The van der Waals surface area contributed by atoms with Gasteiger partial charge in [-0.25, -0.2) is 13.1 Å². The van der Waals surface area contributed by atoms with Crippen molar-refractivity contribution >= 4 is 28.3 Å². The van der Waals surface area contributed by atoms with Gasteiger partial charge in [0.25, 0.3) is 0 Å². The predicted octanol–water partition coefficient (Wildman–Crippen LogP) is -0.816. The quantitative estimate of drug-likeness (QED) is 0.596. The molecule has 0 aromatic rings. The molecule has 2 N–H and O–H groups in total. The van der Waals surface area contributed by atoms with Crippen molar-refractivity contribution in [3.05, 3.63) is 0 Å². The van der Waals surface area contributed by atoms with Crippen LogP contribution in [0.3, 0.4) is 0 Å². The molecule has 0 radical (unpaired) electrons. The van der Waals surface area contributed by atoms with Crippen molar-refractivity contribution in [2.75, 3.05) is 45.6 Å². The zero-order valence-corrected chi connectivity index (χ0v) is 13.6. The Morgan fingerprint density at radius 3 is 2.80 bits per heavy atom. The molecular formula is C11H24ClN3O4S. The zero-order valence-electron chi connectivity index (χ0n) is 11.9. The number of ether oxygens (including phenoxy) is 1. The van der Waals surface area contributed by atoms with E-state index in [-0.39, 0.29) is 36.7 Å². The number of nitrogens with one attached hydrogen (secondary N) is 2. The Morgan fingerprint density at radius 1 is 1.50 bits per heavy atom. The number of hydrogen-bond acceptors (Lipinski definition) is 5. The minimum absolute atomic E-state index is 0. The summed E-state index contributed by atoms with van der Waals surface area (Å²) in [5.74, 6) is -0.199. The van der Waals surface area contributed by atoms with Crippen molar-refractivity contribution in [2.24, 2.45) is 0 Å². The summed E-state index contributed by atoms with van der Waals surface area (Å²) in [7, 11) is -1.87. The lowest BCUT2D eigenvalue weighted by Crippen LogP contribution is -2.53. The molecule has 1 amide bonds. The second-order valence-corrected chi connectivity index (χ2v) is 6.61. The van der Waals surface area contributed by atoms with Crippen LogP contribution in [0.4, 0.5) is 0 Å². The minimum Gasteiger partial charge on any atom is -0.385 e. The SMILES string of the molecule is COCCCS(=O)(=O)NCC(=O)N1CCN[C@H](C)C1.Cl. The first-order chi connectivity index (χ1) is 8.94. The number of hydrogen-bond donors (Lipinski definition) is 2. The molecule has 20 heavy (non-hydrogen) atoms. The first-order valence-corrected chi connectivity index (χ1v) is 8.07. The van der Waals surface area contributed by atoms with Gasteiger partial charge in [0, 0.05) is 39.4 Å². The van der Waals surface area contributed by atoms with E-state index in [2.05, 4.69) is 10.0 Å². The predicted molar refractivity (Wildman–Crippen MR) is 79.6 cm³/mol. The third-order valence-electron chi connectivity index (χ3n) is 2.93. The third-order valence-corrected chi connectivity index (χ3v) is 4.34. The summed E-state index contributed by atoms with van der Waals surface area (Å²) < 4.78 is 30.3. The van der Waals surface area contributed by atoms with Crippen molar-refractivity contribution in [1.29, 1.82) is 0 Å². The number of carbonyl (C=O) groups is 1. The molecule has 1 saturated heterocycles. The summed E-state index contributed by atoms with van der Waals surface area (Å²) in [4.78, 5) is 13.5. The molecule has 1 rings (SSSR count). The van der Waals surface area contributed by atoms with E-state index in [0.717, 1.165) is 6.54 Å². The molecule has 0 aliphatic carbocycles. The first kappa shape index (κ1) is 19.6. The van der Waals surface area contributed by atoms with Crippen molar-refractivity contribution < 1.29 is 17.9 Å².